The number of hydrogen-bond acceptors (Lipinski definition) is 5. The standard InChI is InChI=1S/C22H20N2O3/c1-2-21-23-22(24-27-21)18-8-9-19-15(11-18)6-7-16(19)12-20(26)17-5-3-4-14(10-17)13-25/h3-5,8-11,13,16H,2,6-7,12H2,1H3/t16-/m0/s1. The summed E-state index contributed by atoms with van der Waals surface area (Å²) in [6, 6.07) is 13.1. The van der Waals surface area contributed by atoms with Crippen LogP contribution in [0, 0.1) is 0 Å². The summed E-state index contributed by atoms with van der Waals surface area (Å²) in [6.45, 7) is 1.98. The van der Waals surface area contributed by atoms with Crippen LogP contribution in [0.25, 0.3) is 11.4 Å². The number of fused-ring (bicyclic) bond motifs is 1. The monoisotopic (exact) mass is 360 g/mol. The number of rotatable bonds is 6. The molecule has 0 N–H and O–H groups in total. The van der Waals surface area contributed by atoms with E-state index in [0.29, 0.717) is 35.7 Å². The van der Waals surface area contributed by atoms with Crippen LogP contribution in [0.3, 0.4) is 0 Å². The lowest BCUT2D eigenvalue weighted by Crippen LogP contribution is -2.06. The number of benzene rings is 2. The van der Waals surface area contributed by atoms with Gasteiger partial charge in [-0.1, -0.05) is 42.4 Å². The summed E-state index contributed by atoms with van der Waals surface area (Å²) in [5.74, 6) is 1.52. The summed E-state index contributed by atoms with van der Waals surface area (Å²) in [4.78, 5) is 28.0. The Kier molecular flexibility index (Phi) is 4.67. The molecule has 0 fully saturated rings. The molecule has 4 rings (SSSR count). The lowest BCUT2D eigenvalue weighted by molar-refractivity contribution is 0.0973. The van der Waals surface area contributed by atoms with Crippen molar-refractivity contribution >= 4 is 12.1 Å². The molecule has 2 aromatic carbocycles. The van der Waals surface area contributed by atoms with Gasteiger partial charge in [0.05, 0.1) is 0 Å². The smallest absolute Gasteiger partial charge is 0.226 e. The molecule has 0 saturated carbocycles. The number of aromatic nitrogens is 2. The highest BCUT2D eigenvalue weighted by Gasteiger charge is 2.26. The Morgan fingerprint density at radius 2 is 2.15 bits per heavy atom. The fourth-order valence-electron chi connectivity index (χ4n) is 3.70. The summed E-state index contributed by atoms with van der Waals surface area (Å²) in [6.07, 6.45) is 3.83. The second-order valence-electron chi connectivity index (χ2n) is 6.89. The Bertz CT molecular complexity index is 1010. The maximum absolute atomic E-state index is 12.7. The number of carbonyl (C=O) groups excluding carboxylic acids is 2. The van der Waals surface area contributed by atoms with Crippen molar-refractivity contribution in [1.29, 1.82) is 0 Å². The third kappa shape index (κ3) is 3.45. The summed E-state index contributed by atoms with van der Waals surface area (Å²) >= 11 is 0. The molecule has 0 amide bonds. The molecule has 0 radical (unpaired) electrons. The zero-order valence-corrected chi connectivity index (χ0v) is 15.1. The Hall–Kier alpha value is -3.08. The molecule has 3 aromatic rings. The van der Waals surface area contributed by atoms with Crippen molar-refractivity contribution in [2.45, 2.75) is 38.5 Å². The number of nitrogens with zero attached hydrogens (tertiary/aromatic N) is 2. The average Bonchev–Trinajstić information content (AvgIpc) is 3.35. The summed E-state index contributed by atoms with van der Waals surface area (Å²) in [5, 5.41) is 4.04. The topological polar surface area (TPSA) is 73.1 Å². The van der Waals surface area contributed by atoms with Crippen LogP contribution < -0.4 is 0 Å². The van der Waals surface area contributed by atoms with Gasteiger partial charge in [0.1, 0.15) is 6.29 Å². The van der Waals surface area contributed by atoms with E-state index in [2.05, 4.69) is 22.3 Å². The molecule has 1 aromatic heterocycles. The van der Waals surface area contributed by atoms with Crippen molar-refractivity contribution in [3.63, 3.8) is 0 Å². The van der Waals surface area contributed by atoms with Gasteiger partial charge < -0.3 is 4.52 Å². The van der Waals surface area contributed by atoms with Crippen molar-refractivity contribution in [3.05, 3.63) is 70.6 Å². The minimum absolute atomic E-state index is 0.0754. The first-order chi connectivity index (χ1) is 13.2. The molecule has 1 heterocycles. The fourth-order valence-corrected chi connectivity index (χ4v) is 3.70. The number of aldehydes is 1. The van der Waals surface area contributed by atoms with Crippen LogP contribution in [0.5, 0.6) is 0 Å². The van der Waals surface area contributed by atoms with E-state index in [1.165, 1.54) is 11.1 Å². The summed E-state index contributed by atoms with van der Waals surface area (Å²) < 4.78 is 5.20. The van der Waals surface area contributed by atoms with Crippen LogP contribution in [0.2, 0.25) is 0 Å². The van der Waals surface area contributed by atoms with E-state index < -0.39 is 0 Å². The Morgan fingerprint density at radius 1 is 1.26 bits per heavy atom. The van der Waals surface area contributed by atoms with Crippen LogP contribution >= 0.6 is 0 Å². The van der Waals surface area contributed by atoms with Crippen LogP contribution in [-0.4, -0.2) is 22.2 Å². The molecule has 1 atom stereocenters. The van der Waals surface area contributed by atoms with Gasteiger partial charge in [-0.3, -0.25) is 9.59 Å². The minimum Gasteiger partial charge on any atom is -0.339 e. The number of Topliss-reactive ketones (excluding diaryl/α,β-unsaturated/α-hetero) is 1. The second kappa shape index (κ2) is 7.27. The van der Waals surface area contributed by atoms with Crippen molar-refractivity contribution in [3.8, 4) is 11.4 Å². The van der Waals surface area contributed by atoms with E-state index in [0.717, 1.165) is 24.7 Å². The maximum Gasteiger partial charge on any atom is 0.226 e. The second-order valence-corrected chi connectivity index (χ2v) is 6.89. The largest absolute Gasteiger partial charge is 0.339 e. The Balaban J connectivity index is 1.53. The third-order valence-electron chi connectivity index (χ3n) is 5.15. The predicted octanol–water partition coefficient (Wildman–Crippen LogP) is 4.41. The third-order valence-corrected chi connectivity index (χ3v) is 5.15. The minimum atomic E-state index is 0.0754. The van der Waals surface area contributed by atoms with Crippen molar-refractivity contribution in [1.82, 2.24) is 10.1 Å². The number of ketones is 1. The van der Waals surface area contributed by atoms with Crippen LogP contribution in [0.15, 0.2) is 47.0 Å². The van der Waals surface area contributed by atoms with Crippen molar-refractivity contribution in [2.24, 2.45) is 0 Å². The lowest BCUT2D eigenvalue weighted by Gasteiger charge is -2.11. The Labute approximate surface area is 157 Å². The molecular weight excluding hydrogens is 340 g/mol. The molecular formula is C22H20N2O3. The predicted molar refractivity (Wildman–Crippen MR) is 101 cm³/mol. The number of hydrogen-bond donors (Lipinski definition) is 0. The van der Waals surface area contributed by atoms with Gasteiger partial charge in [-0.25, -0.2) is 0 Å². The van der Waals surface area contributed by atoms with E-state index in [9.17, 15) is 9.59 Å². The number of carbonyl (C=O) groups is 2. The van der Waals surface area contributed by atoms with Gasteiger partial charge >= 0.3 is 0 Å². The molecule has 0 spiro atoms. The van der Waals surface area contributed by atoms with Crippen LogP contribution in [-0.2, 0) is 12.8 Å². The highest BCUT2D eigenvalue weighted by molar-refractivity contribution is 5.98. The molecule has 0 saturated heterocycles. The molecule has 136 valence electrons. The average molecular weight is 360 g/mol. The van der Waals surface area contributed by atoms with Gasteiger partial charge in [0.2, 0.25) is 11.7 Å². The van der Waals surface area contributed by atoms with Gasteiger partial charge in [-0.05, 0) is 42.0 Å². The zero-order chi connectivity index (χ0) is 18.8. The van der Waals surface area contributed by atoms with E-state index in [1.54, 1.807) is 24.3 Å². The normalized spacial score (nSPS) is 15.5. The molecule has 1 aliphatic carbocycles. The first-order valence-electron chi connectivity index (χ1n) is 9.22. The highest BCUT2D eigenvalue weighted by atomic mass is 16.5. The lowest BCUT2D eigenvalue weighted by atomic mass is 9.92. The quantitative estimate of drug-likeness (QED) is 0.481. The summed E-state index contributed by atoms with van der Waals surface area (Å²) in [7, 11) is 0. The van der Waals surface area contributed by atoms with Crippen molar-refractivity contribution < 1.29 is 14.1 Å². The SMILES string of the molecule is CCc1nc(-c2ccc3c(c2)CC[C@H]3CC(=O)c2cccc(C=O)c2)no1. The van der Waals surface area contributed by atoms with Gasteiger partial charge in [-0.2, -0.15) is 4.98 Å². The maximum atomic E-state index is 12.7. The molecule has 1 aliphatic rings. The molecule has 5 nitrogen and oxygen atoms in total. The molecule has 0 unspecified atom stereocenters. The van der Waals surface area contributed by atoms with Crippen molar-refractivity contribution in [2.75, 3.05) is 0 Å². The first kappa shape index (κ1) is 17.3. The van der Waals surface area contributed by atoms with Crippen LogP contribution in [0.1, 0.15) is 63.4 Å². The fraction of sp³-hybridized carbons (Fsp3) is 0.273. The zero-order valence-electron chi connectivity index (χ0n) is 15.1. The molecule has 5 heteroatoms. The van der Waals surface area contributed by atoms with Gasteiger partial charge in [0.25, 0.3) is 0 Å². The van der Waals surface area contributed by atoms with E-state index in [1.807, 2.05) is 13.0 Å². The van der Waals surface area contributed by atoms with Crippen LogP contribution in [0.4, 0.5) is 0 Å². The van der Waals surface area contributed by atoms with E-state index >= 15 is 0 Å². The Morgan fingerprint density at radius 3 is 2.93 bits per heavy atom. The van der Waals surface area contributed by atoms with Gasteiger partial charge in [0.15, 0.2) is 5.78 Å². The molecule has 0 aliphatic heterocycles. The highest BCUT2D eigenvalue weighted by Crippen LogP contribution is 2.38. The number of aryl methyl sites for hydroxylation is 2. The molecule has 0 bridgehead atoms. The van der Waals surface area contributed by atoms with Gasteiger partial charge in [0, 0.05) is 29.5 Å². The van der Waals surface area contributed by atoms with Gasteiger partial charge in [-0.15, -0.1) is 0 Å². The van der Waals surface area contributed by atoms with E-state index in [-0.39, 0.29) is 11.7 Å². The summed E-state index contributed by atoms with van der Waals surface area (Å²) in [5.41, 5.74) is 4.54. The van der Waals surface area contributed by atoms with E-state index in [4.69, 9.17) is 4.52 Å². The molecule has 27 heavy (non-hydrogen) atoms. The first-order valence-corrected chi connectivity index (χ1v) is 9.22.